The van der Waals surface area contributed by atoms with Gasteiger partial charge in [0.25, 0.3) is 0 Å². The van der Waals surface area contributed by atoms with E-state index in [0.717, 1.165) is 18.3 Å². The number of carbonyl (C=O) groups is 1. The van der Waals surface area contributed by atoms with Crippen molar-refractivity contribution in [3.05, 3.63) is 23.8 Å². The van der Waals surface area contributed by atoms with Crippen LogP contribution in [0.5, 0.6) is 0 Å². The smallest absolute Gasteiger partial charge is 0.142 e. The first-order valence-electron chi connectivity index (χ1n) is 4.01. The highest BCUT2D eigenvalue weighted by molar-refractivity contribution is 5.65. The largest absolute Gasteiger partial charge is 0.299 e. The summed E-state index contributed by atoms with van der Waals surface area (Å²) in [4.78, 5) is 9.95. The van der Waals surface area contributed by atoms with Crippen molar-refractivity contribution in [1.29, 1.82) is 0 Å². The third-order valence-corrected chi connectivity index (χ3v) is 1.63. The summed E-state index contributed by atoms with van der Waals surface area (Å²) in [5.74, 6) is 0.603. The van der Waals surface area contributed by atoms with E-state index in [1.54, 1.807) is 0 Å². The van der Waals surface area contributed by atoms with Crippen LogP contribution in [0, 0.1) is 5.92 Å². The maximum atomic E-state index is 9.95. The van der Waals surface area contributed by atoms with Crippen LogP contribution in [0.2, 0.25) is 0 Å². The normalized spacial score (nSPS) is 15.4. The molecular weight excluding hydrogens is 136 g/mol. The Balaban J connectivity index is 3.98. The Bertz CT molecular complexity index is 166. The molecular formula is C10H16O. The molecule has 1 heteroatoms. The second-order valence-electron chi connectivity index (χ2n) is 2.79. The molecule has 0 saturated carbocycles. The molecule has 0 bridgehead atoms. The van der Waals surface area contributed by atoms with E-state index < -0.39 is 0 Å². The van der Waals surface area contributed by atoms with Crippen molar-refractivity contribution in [3.63, 3.8) is 0 Å². The Morgan fingerprint density at radius 1 is 1.55 bits per heavy atom. The molecule has 0 N–H and O–H groups in total. The van der Waals surface area contributed by atoms with Gasteiger partial charge in [0.2, 0.25) is 0 Å². The number of allylic oxidation sites excluding steroid dienone is 4. The molecule has 11 heavy (non-hydrogen) atoms. The summed E-state index contributed by atoms with van der Waals surface area (Å²) >= 11 is 0. The van der Waals surface area contributed by atoms with Crippen molar-refractivity contribution in [2.24, 2.45) is 5.92 Å². The lowest BCUT2D eigenvalue weighted by Crippen LogP contribution is -1.86. The zero-order valence-corrected chi connectivity index (χ0v) is 7.50. The second-order valence-corrected chi connectivity index (χ2v) is 2.79. The molecule has 0 rings (SSSR count). The molecule has 0 aromatic rings. The summed E-state index contributed by atoms with van der Waals surface area (Å²) in [6, 6.07) is 0. The van der Waals surface area contributed by atoms with Crippen LogP contribution in [0.4, 0.5) is 0 Å². The summed E-state index contributed by atoms with van der Waals surface area (Å²) < 4.78 is 0. The fourth-order valence-electron chi connectivity index (χ4n) is 0.813. The van der Waals surface area contributed by atoms with E-state index in [-0.39, 0.29) is 0 Å². The zero-order valence-electron chi connectivity index (χ0n) is 7.50. The second kappa shape index (κ2) is 5.90. The molecule has 0 fully saturated rings. The highest BCUT2D eigenvalue weighted by atomic mass is 16.1. The van der Waals surface area contributed by atoms with Crippen molar-refractivity contribution >= 4 is 6.29 Å². The number of hydrogen-bond donors (Lipinski definition) is 0. The highest BCUT2D eigenvalue weighted by Gasteiger charge is 1.91. The van der Waals surface area contributed by atoms with Crippen molar-refractivity contribution in [3.8, 4) is 0 Å². The molecule has 62 valence electrons. The van der Waals surface area contributed by atoms with E-state index in [2.05, 4.69) is 19.9 Å². The maximum Gasteiger partial charge on any atom is 0.142 e. The van der Waals surface area contributed by atoms with E-state index >= 15 is 0 Å². The zero-order chi connectivity index (χ0) is 8.69. The molecule has 0 spiro atoms. The van der Waals surface area contributed by atoms with Crippen molar-refractivity contribution in [2.75, 3.05) is 0 Å². The number of aldehydes is 1. The number of rotatable bonds is 4. The van der Waals surface area contributed by atoms with Crippen molar-refractivity contribution in [1.82, 2.24) is 0 Å². The Labute approximate surface area is 68.8 Å². The van der Waals surface area contributed by atoms with Crippen LogP contribution >= 0.6 is 0 Å². The van der Waals surface area contributed by atoms with Crippen LogP contribution < -0.4 is 0 Å². The highest BCUT2D eigenvalue weighted by Crippen LogP contribution is 2.06. The molecule has 1 atom stereocenters. The van der Waals surface area contributed by atoms with Crippen LogP contribution in [0.25, 0.3) is 0 Å². The molecule has 0 radical (unpaired) electrons. The quantitative estimate of drug-likeness (QED) is 0.344. The van der Waals surface area contributed by atoms with Gasteiger partial charge < -0.3 is 0 Å². The fraction of sp³-hybridized carbons (Fsp3) is 0.500. The van der Waals surface area contributed by atoms with Gasteiger partial charge in [-0.2, -0.15) is 0 Å². The topological polar surface area (TPSA) is 17.1 Å². The van der Waals surface area contributed by atoms with Crippen LogP contribution in [0.1, 0.15) is 27.2 Å². The molecule has 0 aliphatic rings. The van der Waals surface area contributed by atoms with E-state index in [1.165, 1.54) is 6.08 Å². The van der Waals surface area contributed by atoms with Crippen LogP contribution in [-0.4, -0.2) is 6.29 Å². The van der Waals surface area contributed by atoms with Crippen molar-refractivity contribution in [2.45, 2.75) is 27.2 Å². The minimum atomic E-state index is 0.603. The Morgan fingerprint density at radius 2 is 2.18 bits per heavy atom. The SMILES string of the molecule is CCC(C)/C=C(C)\C=C\C=O. The van der Waals surface area contributed by atoms with Gasteiger partial charge in [-0.05, 0) is 18.9 Å². The van der Waals surface area contributed by atoms with Crippen LogP contribution in [-0.2, 0) is 4.79 Å². The van der Waals surface area contributed by atoms with Gasteiger partial charge in [-0.25, -0.2) is 0 Å². The Morgan fingerprint density at radius 3 is 2.64 bits per heavy atom. The predicted molar refractivity (Wildman–Crippen MR) is 48.4 cm³/mol. The lowest BCUT2D eigenvalue weighted by atomic mass is 10.1. The van der Waals surface area contributed by atoms with Gasteiger partial charge in [-0.1, -0.05) is 38.0 Å². The Hall–Kier alpha value is -0.850. The van der Waals surface area contributed by atoms with Crippen LogP contribution in [0.3, 0.4) is 0 Å². The first-order chi connectivity index (χ1) is 5.20. The molecule has 1 nitrogen and oxygen atoms in total. The molecule has 0 aliphatic carbocycles. The lowest BCUT2D eigenvalue weighted by Gasteiger charge is -2.00. The maximum absolute atomic E-state index is 9.95. The summed E-state index contributed by atoms with van der Waals surface area (Å²) in [6.45, 7) is 6.32. The molecule has 0 amide bonds. The van der Waals surface area contributed by atoms with Crippen LogP contribution in [0.15, 0.2) is 23.8 Å². The first kappa shape index (κ1) is 10.2. The van der Waals surface area contributed by atoms with Gasteiger partial charge >= 0.3 is 0 Å². The summed E-state index contributed by atoms with van der Waals surface area (Å²) in [5.41, 5.74) is 1.16. The van der Waals surface area contributed by atoms with Gasteiger partial charge in [-0.15, -0.1) is 0 Å². The van der Waals surface area contributed by atoms with Gasteiger partial charge in [-0.3, -0.25) is 4.79 Å². The molecule has 0 aromatic heterocycles. The van der Waals surface area contributed by atoms with E-state index in [1.807, 2.05) is 13.0 Å². The lowest BCUT2D eigenvalue weighted by molar-refractivity contribution is -0.104. The predicted octanol–water partition coefficient (Wildman–Crippen LogP) is 2.73. The van der Waals surface area contributed by atoms with E-state index in [0.29, 0.717) is 5.92 Å². The van der Waals surface area contributed by atoms with Crippen molar-refractivity contribution < 1.29 is 4.79 Å². The van der Waals surface area contributed by atoms with Gasteiger partial charge in [0, 0.05) is 0 Å². The summed E-state index contributed by atoms with van der Waals surface area (Å²) in [5, 5.41) is 0. The average Bonchev–Trinajstić information content (AvgIpc) is 2.00. The minimum Gasteiger partial charge on any atom is -0.299 e. The monoisotopic (exact) mass is 152 g/mol. The first-order valence-corrected chi connectivity index (χ1v) is 4.01. The Kier molecular flexibility index (Phi) is 5.44. The summed E-state index contributed by atoms with van der Waals surface area (Å²) in [7, 11) is 0. The standard InChI is InChI=1S/C10H16O/c1-4-9(2)8-10(3)6-5-7-11/h5-9H,4H2,1-3H3/b6-5+,10-8-. The molecule has 0 saturated heterocycles. The minimum absolute atomic E-state index is 0.603. The van der Waals surface area contributed by atoms with Gasteiger partial charge in [0.15, 0.2) is 0 Å². The number of hydrogen-bond acceptors (Lipinski definition) is 1. The average molecular weight is 152 g/mol. The fourth-order valence-corrected chi connectivity index (χ4v) is 0.813. The third kappa shape index (κ3) is 5.59. The molecule has 0 heterocycles. The third-order valence-electron chi connectivity index (χ3n) is 1.63. The molecule has 1 unspecified atom stereocenters. The molecule has 0 aromatic carbocycles. The van der Waals surface area contributed by atoms with Gasteiger partial charge in [0.05, 0.1) is 0 Å². The summed E-state index contributed by atoms with van der Waals surface area (Å²) in [6.07, 6.45) is 7.47. The molecule has 0 aliphatic heterocycles. The number of carbonyl (C=O) groups excluding carboxylic acids is 1. The van der Waals surface area contributed by atoms with E-state index in [9.17, 15) is 4.79 Å². The van der Waals surface area contributed by atoms with Gasteiger partial charge in [0.1, 0.15) is 6.29 Å². The van der Waals surface area contributed by atoms with E-state index in [4.69, 9.17) is 0 Å².